The molecule has 1 atom stereocenters. The number of nitrogens with two attached hydrogens (primary N) is 1. The number of aryl methyl sites for hydroxylation is 2. The highest BCUT2D eigenvalue weighted by Gasteiger charge is 2.25. The van der Waals surface area contributed by atoms with Crippen molar-refractivity contribution in [1.29, 1.82) is 0 Å². The third-order valence-electron chi connectivity index (χ3n) is 2.61. The fraction of sp³-hybridized carbons (Fsp3) is 0.417. The third kappa shape index (κ3) is 2.58. The summed E-state index contributed by atoms with van der Waals surface area (Å²) in [7, 11) is 0. The van der Waals surface area contributed by atoms with Crippen molar-refractivity contribution in [2.75, 3.05) is 0 Å². The van der Waals surface area contributed by atoms with E-state index in [9.17, 15) is 9.18 Å². The van der Waals surface area contributed by atoms with E-state index in [4.69, 9.17) is 10.8 Å². The van der Waals surface area contributed by atoms with Crippen LogP contribution in [0.3, 0.4) is 0 Å². The second-order valence-corrected chi connectivity index (χ2v) is 4.41. The van der Waals surface area contributed by atoms with Gasteiger partial charge >= 0.3 is 5.97 Å². The number of carbonyl (C=O) groups is 1. The van der Waals surface area contributed by atoms with Crippen LogP contribution in [0.25, 0.3) is 0 Å². The standard InChI is InChI=1S/C12H16FNO2/c1-7-4-9(5-8(2)11(7)13)12(3,14)6-10(15)16/h4-5H,6,14H2,1-3H3,(H,15,16). The predicted octanol–water partition coefficient (Wildman–Crippen LogP) is 2.09. The van der Waals surface area contributed by atoms with Gasteiger partial charge in [0.05, 0.1) is 6.42 Å². The maximum absolute atomic E-state index is 13.4. The molecule has 1 aromatic rings. The molecule has 1 unspecified atom stereocenters. The van der Waals surface area contributed by atoms with Crippen molar-refractivity contribution in [3.8, 4) is 0 Å². The number of aliphatic carboxylic acids is 1. The lowest BCUT2D eigenvalue weighted by Crippen LogP contribution is -2.35. The fourth-order valence-electron chi connectivity index (χ4n) is 1.69. The van der Waals surface area contributed by atoms with Gasteiger partial charge in [0, 0.05) is 5.54 Å². The molecule has 88 valence electrons. The first-order valence-corrected chi connectivity index (χ1v) is 5.02. The van der Waals surface area contributed by atoms with E-state index >= 15 is 0 Å². The molecular formula is C12H16FNO2. The average molecular weight is 225 g/mol. The summed E-state index contributed by atoms with van der Waals surface area (Å²) in [5.41, 5.74) is 6.56. The van der Waals surface area contributed by atoms with Gasteiger partial charge in [-0.05, 0) is 37.5 Å². The van der Waals surface area contributed by atoms with Gasteiger partial charge in [0.2, 0.25) is 0 Å². The fourth-order valence-corrected chi connectivity index (χ4v) is 1.69. The monoisotopic (exact) mass is 225 g/mol. The van der Waals surface area contributed by atoms with Crippen molar-refractivity contribution < 1.29 is 14.3 Å². The molecule has 0 aliphatic carbocycles. The van der Waals surface area contributed by atoms with Crippen LogP contribution in [-0.2, 0) is 10.3 Å². The zero-order valence-corrected chi connectivity index (χ0v) is 9.67. The van der Waals surface area contributed by atoms with E-state index in [-0.39, 0.29) is 12.2 Å². The van der Waals surface area contributed by atoms with Crippen LogP contribution in [0.4, 0.5) is 4.39 Å². The molecule has 0 radical (unpaired) electrons. The number of halogens is 1. The van der Waals surface area contributed by atoms with Crippen LogP contribution < -0.4 is 5.73 Å². The van der Waals surface area contributed by atoms with E-state index in [2.05, 4.69) is 0 Å². The van der Waals surface area contributed by atoms with Crippen LogP contribution in [0.15, 0.2) is 12.1 Å². The first-order valence-electron chi connectivity index (χ1n) is 5.02. The summed E-state index contributed by atoms with van der Waals surface area (Å²) in [6, 6.07) is 3.20. The Morgan fingerprint density at radius 1 is 1.44 bits per heavy atom. The van der Waals surface area contributed by atoms with Gasteiger partial charge in [-0.1, -0.05) is 12.1 Å². The lowest BCUT2D eigenvalue weighted by atomic mass is 9.87. The van der Waals surface area contributed by atoms with Crippen LogP contribution in [0, 0.1) is 19.7 Å². The molecule has 3 N–H and O–H groups in total. The molecule has 1 aromatic carbocycles. The summed E-state index contributed by atoms with van der Waals surface area (Å²) in [5.74, 6) is -1.24. The highest BCUT2D eigenvalue weighted by atomic mass is 19.1. The van der Waals surface area contributed by atoms with Crippen molar-refractivity contribution in [1.82, 2.24) is 0 Å². The van der Waals surface area contributed by atoms with Crippen molar-refractivity contribution in [3.05, 3.63) is 34.6 Å². The van der Waals surface area contributed by atoms with E-state index in [0.717, 1.165) is 0 Å². The average Bonchev–Trinajstić information content (AvgIpc) is 2.11. The Kier molecular flexibility index (Phi) is 3.33. The summed E-state index contributed by atoms with van der Waals surface area (Å²) in [5, 5.41) is 8.75. The Bertz CT molecular complexity index is 404. The molecule has 0 spiro atoms. The lowest BCUT2D eigenvalue weighted by molar-refractivity contribution is -0.138. The Hall–Kier alpha value is -1.42. The second-order valence-electron chi connectivity index (χ2n) is 4.41. The largest absolute Gasteiger partial charge is 0.481 e. The van der Waals surface area contributed by atoms with Crippen LogP contribution in [0.5, 0.6) is 0 Å². The summed E-state index contributed by atoms with van der Waals surface area (Å²) < 4.78 is 13.4. The van der Waals surface area contributed by atoms with Gasteiger partial charge in [-0.3, -0.25) is 4.79 Å². The normalized spacial score (nSPS) is 14.6. The zero-order valence-electron chi connectivity index (χ0n) is 9.67. The van der Waals surface area contributed by atoms with Gasteiger partial charge in [0.25, 0.3) is 0 Å². The molecule has 0 fully saturated rings. The van der Waals surface area contributed by atoms with Gasteiger partial charge in [0.15, 0.2) is 0 Å². The SMILES string of the molecule is Cc1cc(C(C)(N)CC(=O)O)cc(C)c1F. The maximum atomic E-state index is 13.4. The third-order valence-corrected chi connectivity index (χ3v) is 2.61. The molecule has 0 bridgehead atoms. The Morgan fingerprint density at radius 3 is 2.25 bits per heavy atom. The molecule has 0 amide bonds. The molecule has 3 nitrogen and oxygen atoms in total. The van der Waals surface area contributed by atoms with Gasteiger partial charge < -0.3 is 10.8 Å². The number of hydrogen-bond acceptors (Lipinski definition) is 2. The molecule has 1 rings (SSSR count). The zero-order chi connectivity index (χ0) is 12.5. The van der Waals surface area contributed by atoms with E-state index < -0.39 is 11.5 Å². The Morgan fingerprint density at radius 2 is 1.88 bits per heavy atom. The van der Waals surface area contributed by atoms with Crippen molar-refractivity contribution in [2.45, 2.75) is 32.7 Å². The van der Waals surface area contributed by atoms with Crippen LogP contribution in [-0.4, -0.2) is 11.1 Å². The molecule has 0 heterocycles. The second kappa shape index (κ2) is 4.22. The molecule has 0 saturated carbocycles. The lowest BCUT2D eigenvalue weighted by Gasteiger charge is -2.24. The highest BCUT2D eigenvalue weighted by molar-refractivity contribution is 5.68. The topological polar surface area (TPSA) is 63.3 Å². The van der Waals surface area contributed by atoms with Crippen molar-refractivity contribution in [2.24, 2.45) is 5.73 Å². The highest BCUT2D eigenvalue weighted by Crippen LogP contribution is 2.25. The molecule has 0 aliphatic heterocycles. The van der Waals surface area contributed by atoms with E-state index in [0.29, 0.717) is 16.7 Å². The summed E-state index contributed by atoms with van der Waals surface area (Å²) in [4.78, 5) is 10.7. The molecule has 16 heavy (non-hydrogen) atoms. The van der Waals surface area contributed by atoms with E-state index in [1.54, 1.807) is 32.9 Å². The summed E-state index contributed by atoms with van der Waals surface area (Å²) >= 11 is 0. The van der Waals surface area contributed by atoms with Crippen LogP contribution >= 0.6 is 0 Å². The first-order chi connectivity index (χ1) is 7.24. The molecule has 4 heteroatoms. The number of benzene rings is 1. The Balaban J connectivity index is 3.18. The summed E-state index contributed by atoms with van der Waals surface area (Å²) in [6.45, 7) is 4.92. The van der Waals surface area contributed by atoms with Gasteiger partial charge in [0.1, 0.15) is 5.82 Å². The summed E-state index contributed by atoms with van der Waals surface area (Å²) in [6.07, 6.45) is -0.183. The Labute approximate surface area is 94.1 Å². The van der Waals surface area contributed by atoms with Crippen LogP contribution in [0.2, 0.25) is 0 Å². The molecular weight excluding hydrogens is 209 g/mol. The number of rotatable bonds is 3. The number of hydrogen-bond donors (Lipinski definition) is 2. The van der Waals surface area contributed by atoms with E-state index in [1.807, 2.05) is 0 Å². The van der Waals surface area contributed by atoms with E-state index in [1.165, 1.54) is 0 Å². The number of carboxylic acids is 1. The smallest absolute Gasteiger partial charge is 0.305 e. The van der Waals surface area contributed by atoms with Crippen molar-refractivity contribution in [3.63, 3.8) is 0 Å². The van der Waals surface area contributed by atoms with Gasteiger partial charge in [-0.2, -0.15) is 0 Å². The molecule has 0 aromatic heterocycles. The van der Waals surface area contributed by atoms with Crippen molar-refractivity contribution >= 4 is 5.97 Å². The van der Waals surface area contributed by atoms with Gasteiger partial charge in [-0.25, -0.2) is 4.39 Å². The quantitative estimate of drug-likeness (QED) is 0.827. The minimum Gasteiger partial charge on any atom is -0.481 e. The maximum Gasteiger partial charge on any atom is 0.305 e. The molecule has 0 aliphatic rings. The minimum absolute atomic E-state index is 0.183. The first kappa shape index (κ1) is 12.6. The predicted molar refractivity (Wildman–Crippen MR) is 59.7 cm³/mol. The molecule has 0 saturated heterocycles. The van der Waals surface area contributed by atoms with Gasteiger partial charge in [-0.15, -0.1) is 0 Å². The van der Waals surface area contributed by atoms with Crippen LogP contribution in [0.1, 0.15) is 30.0 Å². The number of carboxylic acid groups (broad SMARTS) is 1. The minimum atomic E-state index is -0.977.